The molecule has 5 heteroatoms. The second-order valence-electron chi connectivity index (χ2n) is 3.94. The number of hydrogen-bond donors (Lipinski definition) is 2. The molecule has 0 spiro atoms. The first kappa shape index (κ1) is 9.59. The molecule has 0 bridgehead atoms. The molecule has 3 rings (SSSR count). The Bertz CT molecular complexity index is 502. The van der Waals surface area contributed by atoms with Gasteiger partial charge in [0.2, 0.25) is 0 Å². The number of imidazole rings is 1. The molecule has 2 aromatic heterocycles. The summed E-state index contributed by atoms with van der Waals surface area (Å²) >= 11 is 0. The summed E-state index contributed by atoms with van der Waals surface area (Å²) in [5.41, 5.74) is 1.71. The van der Waals surface area contributed by atoms with E-state index in [1.54, 1.807) is 0 Å². The SMILES string of the molecule is CNc1ccc2[nH]c(C3CCCO3)nc2n1. The average molecular weight is 218 g/mol. The van der Waals surface area contributed by atoms with E-state index >= 15 is 0 Å². The Morgan fingerprint density at radius 3 is 3.12 bits per heavy atom. The van der Waals surface area contributed by atoms with Gasteiger partial charge in [-0.2, -0.15) is 0 Å². The Labute approximate surface area is 93.2 Å². The van der Waals surface area contributed by atoms with Crippen LogP contribution >= 0.6 is 0 Å². The summed E-state index contributed by atoms with van der Waals surface area (Å²) in [4.78, 5) is 12.1. The fourth-order valence-corrected chi connectivity index (χ4v) is 2.00. The molecular formula is C11H14N4O. The highest BCUT2D eigenvalue weighted by Gasteiger charge is 2.21. The van der Waals surface area contributed by atoms with Gasteiger partial charge in [0.05, 0.1) is 5.52 Å². The maximum atomic E-state index is 5.59. The number of aromatic amines is 1. The summed E-state index contributed by atoms with van der Waals surface area (Å²) in [6, 6.07) is 3.92. The van der Waals surface area contributed by atoms with E-state index < -0.39 is 0 Å². The molecule has 1 aliphatic rings. The number of rotatable bonds is 2. The van der Waals surface area contributed by atoms with Crippen LogP contribution < -0.4 is 5.32 Å². The molecule has 16 heavy (non-hydrogen) atoms. The number of fused-ring (bicyclic) bond motifs is 1. The lowest BCUT2D eigenvalue weighted by Crippen LogP contribution is -1.97. The Morgan fingerprint density at radius 1 is 1.44 bits per heavy atom. The van der Waals surface area contributed by atoms with Gasteiger partial charge in [0.1, 0.15) is 17.7 Å². The van der Waals surface area contributed by atoms with Crippen molar-refractivity contribution in [3.8, 4) is 0 Å². The number of ether oxygens (including phenoxy) is 1. The minimum absolute atomic E-state index is 0.118. The van der Waals surface area contributed by atoms with E-state index in [0.717, 1.165) is 42.3 Å². The predicted octanol–water partition coefficient (Wildman–Crippen LogP) is 1.85. The molecule has 5 nitrogen and oxygen atoms in total. The van der Waals surface area contributed by atoms with Gasteiger partial charge in [-0.3, -0.25) is 0 Å². The zero-order valence-electron chi connectivity index (χ0n) is 9.16. The van der Waals surface area contributed by atoms with Crippen molar-refractivity contribution in [1.82, 2.24) is 15.0 Å². The van der Waals surface area contributed by atoms with Gasteiger partial charge < -0.3 is 15.0 Å². The zero-order chi connectivity index (χ0) is 11.0. The Balaban J connectivity index is 2.01. The van der Waals surface area contributed by atoms with Crippen molar-refractivity contribution in [1.29, 1.82) is 0 Å². The van der Waals surface area contributed by atoms with E-state index in [0.29, 0.717) is 0 Å². The lowest BCUT2D eigenvalue weighted by molar-refractivity contribution is 0.106. The van der Waals surface area contributed by atoms with E-state index in [-0.39, 0.29) is 6.10 Å². The Morgan fingerprint density at radius 2 is 2.38 bits per heavy atom. The molecule has 2 N–H and O–H groups in total. The summed E-state index contributed by atoms with van der Waals surface area (Å²) in [5, 5.41) is 3.00. The smallest absolute Gasteiger partial charge is 0.179 e. The lowest BCUT2D eigenvalue weighted by atomic mass is 10.2. The van der Waals surface area contributed by atoms with Gasteiger partial charge in [0.15, 0.2) is 5.65 Å². The molecule has 3 heterocycles. The highest BCUT2D eigenvalue weighted by Crippen LogP contribution is 2.27. The molecular weight excluding hydrogens is 204 g/mol. The highest BCUT2D eigenvalue weighted by molar-refractivity contribution is 5.72. The van der Waals surface area contributed by atoms with E-state index in [4.69, 9.17) is 4.74 Å². The monoisotopic (exact) mass is 218 g/mol. The number of anilines is 1. The van der Waals surface area contributed by atoms with Crippen LogP contribution in [0.25, 0.3) is 11.2 Å². The summed E-state index contributed by atoms with van der Waals surface area (Å²) in [6.45, 7) is 0.830. The topological polar surface area (TPSA) is 62.8 Å². The van der Waals surface area contributed by atoms with E-state index in [2.05, 4.69) is 20.3 Å². The first-order valence-electron chi connectivity index (χ1n) is 5.53. The molecule has 0 aromatic carbocycles. The van der Waals surface area contributed by atoms with Crippen molar-refractivity contribution in [3.63, 3.8) is 0 Å². The van der Waals surface area contributed by atoms with Crippen molar-refractivity contribution in [2.75, 3.05) is 19.0 Å². The Hall–Kier alpha value is -1.62. The van der Waals surface area contributed by atoms with Gasteiger partial charge in [-0.25, -0.2) is 9.97 Å². The quantitative estimate of drug-likeness (QED) is 0.807. The normalized spacial score (nSPS) is 20.4. The van der Waals surface area contributed by atoms with Crippen molar-refractivity contribution in [2.45, 2.75) is 18.9 Å². The third-order valence-corrected chi connectivity index (χ3v) is 2.86. The molecule has 1 fully saturated rings. The van der Waals surface area contributed by atoms with Crippen LogP contribution in [0.1, 0.15) is 24.8 Å². The number of H-pyrrole nitrogens is 1. The van der Waals surface area contributed by atoms with Crippen LogP contribution in [-0.2, 0) is 4.74 Å². The van der Waals surface area contributed by atoms with E-state index in [9.17, 15) is 0 Å². The molecule has 0 amide bonds. The molecule has 84 valence electrons. The average Bonchev–Trinajstić information content (AvgIpc) is 2.96. The number of hydrogen-bond acceptors (Lipinski definition) is 4. The van der Waals surface area contributed by atoms with Crippen molar-refractivity contribution < 1.29 is 4.74 Å². The highest BCUT2D eigenvalue weighted by atomic mass is 16.5. The molecule has 1 unspecified atom stereocenters. The summed E-state index contributed by atoms with van der Waals surface area (Å²) in [6.07, 6.45) is 2.27. The van der Waals surface area contributed by atoms with Gasteiger partial charge in [-0.15, -0.1) is 0 Å². The van der Waals surface area contributed by atoms with Gasteiger partial charge in [-0.1, -0.05) is 0 Å². The van der Waals surface area contributed by atoms with E-state index in [1.807, 2.05) is 19.2 Å². The van der Waals surface area contributed by atoms with Crippen LogP contribution in [0.3, 0.4) is 0 Å². The minimum Gasteiger partial charge on any atom is -0.373 e. The van der Waals surface area contributed by atoms with Gasteiger partial charge in [0, 0.05) is 13.7 Å². The third kappa shape index (κ3) is 1.53. The summed E-state index contributed by atoms with van der Waals surface area (Å²) in [5.74, 6) is 1.73. The third-order valence-electron chi connectivity index (χ3n) is 2.86. The molecule has 2 aromatic rings. The van der Waals surface area contributed by atoms with Crippen LogP contribution in [0.15, 0.2) is 12.1 Å². The fraction of sp³-hybridized carbons (Fsp3) is 0.455. The standard InChI is InChI=1S/C11H14N4O/c1-12-9-5-4-7-10(14-9)15-11(13-7)8-3-2-6-16-8/h4-5,8H,2-3,6H2,1H3,(H2,12,13,14,15). The second kappa shape index (κ2) is 3.75. The summed E-state index contributed by atoms with van der Waals surface area (Å²) < 4.78 is 5.59. The molecule has 0 saturated carbocycles. The van der Waals surface area contributed by atoms with E-state index in [1.165, 1.54) is 0 Å². The molecule has 0 radical (unpaired) electrons. The Kier molecular flexibility index (Phi) is 2.25. The molecule has 0 aliphatic carbocycles. The van der Waals surface area contributed by atoms with Crippen molar-refractivity contribution in [3.05, 3.63) is 18.0 Å². The molecule has 1 saturated heterocycles. The molecule has 1 atom stereocenters. The second-order valence-corrected chi connectivity index (χ2v) is 3.94. The minimum atomic E-state index is 0.118. The van der Waals surface area contributed by atoms with Gasteiger partial charge in [0.25, 0.3) is 0 Å². The van der Waals surface area contributed by atoms with Crippen LogP contribution in [0.4, 0.5) is 5.82 Å². The number of aromatic nitrogens is 3. The van der Waals surface area contributed by atoms with Crippen LogP contribution in [-0.4, -0.2) is 28.6 Å². The largest absolute Gasteiger partial charge is 0.373 e. The van der Waals surface area contributed by atoms with Crippen LogP contribution in [0, 0.1) is 0 Å². The number of nitrogens with zero attached hydrogens (tertiary/aromatic N) is 2. The van der Waals surface area contributed by atoms with Crippen LogP contribution in [0.2, 0.25) is 0 Å². The summed E-state index contributed by atoms with van der Waals surface area (Å²) in [7, 11) is 1.85. The van der Waals surface area contributed by atoms with Crippen LogP contribution in [0.5, 0.6) is 0 Å². The predicted molar refractivity (Wildman–Crippen MR) is 61.4 cm³/mol. The van der Waals surface area contributed by atoms with Crippen molar-refractivity contribution >= 4 is 17.0 Å². The number of nitrogens with one attached hydrogen (secondary N) is 2. The molecule has 1 aliphatic heterocycles. The van der Waals surface area contributed by atoms with Gasteiger partial charge >= 0.3 is 0 Å². The fourth-order valence-electron chi connectivity index (χ4n) is 2.00. The maximum Gasteiger partial charge on any atom is 0.179 e. The first-order chi connectivity index (χ1) is 7.86. The zero-order valence-corrected chi connectivity index (χ0v) is 9.16. The van der Waals surface area contributed by atoms with Gasteiger partial charge in [-0.05, 0) is 25.0 Å². The number of pyridine rings is 1. The first-order valence-corrected chi connectivity index (χ1v) is 5.53. The lowest BCUT2D eigenvalue weighted by Gasteiger charge is -2.03. The maximum absolute atomic E-state index is 5.59. The van der Waals surface area contributed by atoms with Crippen molar-refractivity contribution in [2.24, 2.45) is 0 Å².